The molecule has 0 aliphatic carbocycles. The minimum absolute atomic E-state index is 0. The highest BCUT2D eigenvalue weighted by Gasteiger charge is 2.19. The highest BCUT2D eigenvalue weighted by Crippen LogP contribution is 2.18. The van der Waals surface area contributed by atoms with E-state index in [0.717, 1.165) is 25.1 Å². The standard InChI is InChI=1S/C12H16N2O2.ClH/c1-8-2-3-11(15)10(6-8)12(16)14-9-4-5-13-7-9;/h2-3,6,9,13,15H,4-5,7H2,1H3,(H,14,16);1H. The Morgan fingerprint density at radius 1 is 1.53 bits per heavy atom. The first kappa shape index (κ1) is 13.8. The Hall–Kier alpha value is -1.26. The van der Waals surface area contributed by atoms with E-state index in [1.807, 2.05) is 6.92 Å². The summed E-state index contributed by atoms with van der Waals surface area (Å²) >= 11 is 0. The van der Waals surface area contributed by atoms with Crippen molar-refractivity contribution < 1.29 is 9.90 Å². The summed E-state index contributed by atoms with van der Waals surface area (Å²) in [6, 6.07) is 5.21. The molecule has 1 fully saturated rings. The average Bonchev–Trinajstić information content (AvgIpc) is 2.74. The highest BCUT2D eigenvalue weighted by atomic mass is 35.5. The fourth-order valence-electron chi connectivity index (χ4n) is 1.87. The van der Waals surface area contributed by atoms with E-state index in [0.29, 0.717) is 5.56 Å². The molecule has 3 N–H and O–H groups in total. The van der Waals surface area contributed by atoms with E-state index >= 15 is 0 Å². The number of phenolic OH excluding ortho intramolecular Hbond substituents is 1. The average molecular weight is 257 g/mol. The third kappa shape index (κ3) is 3.35. The number of halogens is 1. The monoisotopic (exact) mass is 256 g/mol. The Labute approximate surface area is 107 Å². The number of hydrogen-bond donors (Lipinski definition) is 3. The van der Waals surface area contributed by atoms with Crippen molar-refractivity contribution >= 4 is 18.3 Å². The number of hydrogen-bond acceptors (Lipinski definition) is 3. The van der Waals surface area contributed by atoms with Gasteiger partial charge < -0.3 is 15.7 Å². The number of phenols is 1. The summed E-state index contributed by atoms with van der Waals surface area (Å²) in [6.45, 7) is 3.64. The summed E-state index contributed by atoms with van der Waals surface area (Å²) in [5.41, 5.74) is 1.32. The molecule has 0 saturated carbocycles. The molecule has 1 amide bonds. The van der Waals surface area contributed by atoms with Crippen LogP contribution in [0.4, 0.5) is 0 Å². The maximum atomic E-state index is 11.9. The molecule has 1 aromatic carbocycles. The van der Waals surface area contributed by atoms with Gasteiger partial charge in [-0.25, -0.2) is 0 Å². The van der Waals surface area contributed by atoms with Crippen molar-refractivity contribution in [2.24, 2.45) is 0 Å². The van der Waals surface area contributed by atoms with E-state index in [9.17, 15) is 9.90 Å². The lowest BCUT2D eigenvalue weighted by atomic mass is 10.1. The lowest BCUT2D eigenvalue weighted by Crippen LogP contribution is -2.36. The number of nitrogens with one attached hydrogen (secondary N) is 2. The van der Waals surface area contributed by atoms with Gasteiger partial charge in [0.15, 0.2) is 0 Å². The number of aryl methyl sites for hydroxylation is 1. The highest BCUT2D eigenvalue weighted by molar-refractivity contribution is 5.97. The molecule has 0 aromatic heterocycles. The van der Waals surface area contributed by atoms with Gasteiger partial charge >= 0.3 is 0 Å². The quantitative estimate of drug-likeness (QED) is 0.746. The lowest BCUT2D eigenvalue weighted by molar-refractivity contribution is 0.0937. The molecule has 1 atom stereocenters. The van der Waals surface area contributed by atoms with E-state index in [-0.39, 0.29) is 30.1 Å². The molecular formula is C12H17ClN2O2. The number of amides is 1. The zero-order valence-electron chi connectivity index (χ0n) is 9.69. The minimum Gasteiger partial charge on any atom is -0.507 e. The fourth-order valence-corrected chi connectivity index (χ4v) is 1.87. The molecule has 1 aliphatic heterocycles. The predicted molar refractivity (Wildman–Crippen MR) is 68.8 cm³/mol. The molecule has 0 radical (unpaired) electrons. The number of carbonyl (C=O) groups excluding carboxylic acids is 1. The van der Waals surface area contributed by atoms with Gasteiger partial charge in [0.25, 0.3) is 5.91 Å². The fraction of sp³-hybridized carbons (Fsp3) is 0.417. The van der Waals surface area contributed by atoms with Crippen LogP contribution in [-0.4, -0.2) is 30.1 Å². The van der Waals surface area contributed by atoms with Crippen LogP contribution in [0.3, 0.4) is 0 Å². The summed E-state index contributed by atoms with van der Waals surface area (Å²) < 4.78 is 0. The molecule has 1 saturated heterocycles. The number of rotatable bonds is 2. The smallest absolute Gasteiger partial charge is 0.255 e. The van der Waals surface area contributed by atoms with Crippen molar-refractivity contribution in [2.45, 2.75) is 19.4 Å². The van der Waals surface area contributed by atoms with E-state index in [1.165, 1.54) is 0 Å². The Bertz CT molecular complexity index is 403. The zero-order chi connectivity index (χ0) is 11.5. The maximum absolute atomic E-state index is 11.9. The summed E-state index contributed by atoms with van der Waals surface area (Å²) in [5.74, 6) is -0.163. The van der Waals surface area contributed by atoms with Crippen LogP contribution in [0.1, 0.15) is 22.3 Å². The zero-order valence-corrected chi connectivity index (χ0v) is 10.5. The molecule has 5 heteroatoms. The molecule has 0 bridgehead atoms. The molecule has 0 spiro atoms. The second kappa shape index (κ2) is 5.89. The Kier molecular flexibility index (Phi) is 4.78. The van der Waals surface area contributed by atoms with E-state index in [1.54, 1.807) is 18.2 Å². The summed E-state index contributed by atoms with van der Waals surface area (Å²) in [5, 5.41) is 15.7. The summed E-state index contributed by atoms with van der Waals surface area (Å²) in [4.78, 5) is 11.9. The topological polar surface area (TPSA) is 61.4 Å². The van der Waals surface area contributed by atoms with Crippen LogP contribution in [0.25, 0.3) is 0 Å². The maximum Gasteiger partial charge on any atom is 0.255 e. The van der Waals surface area contributed by atoms with Crippen molar-refractivity contribution in [1.29, 1.82) is 0 Å². The molecule has 2 rings (SSSR count). The van der Waals surface area contributed by atoms with Crippen molar-refractivity contribution in [3.05, 3.63) is 29.3 Å². The third-order valence-electron chi connectivity index (χ3n) is 2.79. The van der Waals surface area contributed by atoms with Crippen LogP contribution in [-0.2, 0) is 0 Å². The van der Waals surface area contributed by atoms with Crippen LogP contribution >= 0.6 is 12.4 Å². The van der Waals surface area contributed by atoms with Crippen LogP contribution < -0.4 is 10.6 Å². The van der Waals surface area contributed by atoms with Gasteiger partial charge in [0, 0.05) is 12.6 Å². The van der Waals surface area contributed by atoms with Gasteiger partial charge in [-0.2, -0.15) is 0 Å². The molecule has 1 aromatic rings. The first-order valence-corrected chi connectivity index (χ1v) is 5.48. The first-order valence-electron chi connectivity index (χ1n) is 5.48. The van der Waals surface area contributed by atoms with Crippen molar-refractivity contribution in [1.82, 2.24) is 10.6 Å². The van der Waals surface area contributed by atoms with Crippen molar-refractivity contribution in [3.8, 4) is 5.75 Å². The molecule has 4 nitrogen and oxygen atoms in total. The number of aromatic hydroxyl groups is 1. The van der Waals surface area contributed by atoms with Gasteiger partial charge in [-0.15, -0.1) is 12.4 Å². The third-order valence-corrected chi connectivity index (χ3v) is 2.79. The van der Waals surface area contributed by atoms with Crippen LogP contribution in [0.2, 0.25) is 0 Å². The van der Waals surface area contributed by atoms with Crippen LogP contribution in [0.15, 0.2) is 18.2 Å². The molecule has 1 aliphatic rings. The van der Waals surface area contributed by atoms with E-state index < -0.39 is 0 Å². The van der Waals surface area contributed by atoms with Crippen LogP contribution in [0, 0.1) is 6.92 Å². The minimum atomic E-state index is -0.199. The van der Waals surface area contributed by atoms with Crippen molar-refractivity contribution in [3.63, 3.8) is 0 Å². The SMILES string of the molecule is Cc1ccc(O)c(C(=O)NC2CCNC2)c1.Cl. The number of benzene rings is 1. The van der Waals surface area contributed by atoms with Gasteiger partial charge in [0.1, 0.15) is 5.75 Å². The van der Waals surface area contributed by atoms with E-state index in [4.69, 9.17) is 0 Å². The predicted octanol–water partition coefficient (Wildman–Crippen LogP) is 1.21. The summed E-state index contributed by atoms with van der Waals surface area (Å²) in [6.07, 6.45) is 0.943. The van der Waals surface area contributed by atoms with E-state index in [2.05, 4.69) is 10.6 Å². The number of carbonyl (C=O) groups is 1. The molecular weight excluding hydrogens is 240 g/mol. The Morgan fingerprint density at radius 2 is 2.29 bits per heavy atom. The molecule has 1 unspecified atom stereocenters. The lowest BCUT2D eigenvalue weighted by Gasteiger charge is -2.12. The van der Waals surface area contributed by atoms with Gasteiger partial charge in [-0.3, -0.25) is 4.79 Å². The first-order chi connectivity index (χ1) is 7.66. The second-order valence-corrected chi connectivity index (χ2v) is 4.18. The van der Waals surface area contributed by atoms with Gasteiger partial charge in [-0.1, -0.05) is 11.6 Å². The molecule has 1 heterocycles. The van der Waals surface area contributed by atoms with Gasteiger partial charge in [-0.05, 0) is 32.0 Å². The summed E-state index contributed by atoms with van der Waals surface area (Å²) in [7, 11) is 0. The molecule has 17 heavy (non-hydrogen) atoms. The van der Waals surface area contributed by atoms with Gasteiger partial charge in [0.05, 0.1) is 5.56 Å². The normalized spacial score (nSPS) is 18.5. The van der Waals surface area contributed by atoms with Crippen molar-refractivity contribution in [2.75, 3.05) is 13.1 Å². The largest absolute Gasteiger partial charge is 0.507 e. The Morgan fingerprint density at radius 3 is 2.94 bits per heavy atom. The Balaban J connectivity index is 0.00000144. The second-order valence-electron chi connectivity index (χ2n) is 4.18. The molecule has 94 valence electrons. The van der Waals surface area contributed by atoms with Crippen LogP contribution in [0.5, 0.6) is 5.75 Å². The van der Waals surface area contributed by atoms with Gasteiger partial charge in [0.2, 0.25) is 0 Å².